The van der Waals surface area contributed by atoms with Gasteiger partial charge in [0, 0.05) is 10.5 Å². The third-order valence-electron chi connectivity index (χ3n) is 6.02. The van der Waals surface area contributed by atoms with Crippen molar-refractivity contribution >= 4 is 47.3 Å². The molecular formula is C25H33IO4Si. The largest absolute Gasteiger partial charge is 0.469 e. The number of alkyl halides is 1. The Morgan fingerprint density at radius 3 is 2.10 bits per heavy atom. The molecule has 0 aromatic heterocycles. The minimum atomic E-state index is -2.52. The molecule has 1 heterocycles. The summed E-state index contributed by atoms with van der Waals surface area (Å²) in [5, 5.41) is 2.54. The van der Waals surface area contributed by atoms with Gasteiger partial charge in [0.15, 0.2) is 0 Å². The van der Waals surface area contributed by atoms with Crippen LogP contribution < -0.4 is 10.4 Å². The molecule has 1 aliphatic heterocycles. The molecule has 0 amide bonds. The molecule has 31 heavy (non-hydrogen) atoms. The van der Waals surface area contributed by atoms with E-state index in [0.717, 1.165) is 12.8 Å². The van der Waals surface area contributed by atoms with Crippen LogP contribution in [0.15, 0.2) is 60.7 Å². The molecular weight excluding hydrogens is 519 g/mol. The fourth-order valence-electron chi connectivity index (χ4n) is 4.53. The van der Waals surface area contributed by atoms with Crippen molar-refractivity contribution in [2.45, 2.75) is 61.2 Å². The molecule has 6 heteroatoms. The SMILES string of the molecule is COC(=O)C[C@H]1C[C@H](I)[C@@H](CCO[Si](c2ccccc2)(c2ccccc2)C(C)(C)C)O1. The standard InChI is InChI=1S/C25H33IO4Si/c1-25(2,3)31(20-11-7-5-8-12-20,21-13-9-6-10-14-21)29-16-15-23-22(26)17-19(30-23)18-24(27)28-4/h5-14,19,22-23H,15-18H2,1-4H3/t19-,22+,23-/m1/s1. The van der Waals surface area contributed by atoms with Crippen molar-refractivity contribution in [2.24, 2.45) is 0 Å². The second-order valence-corrected chi connectivity index (χ2v) is 15.0. The lowest BCUT2D eigenvalue weighted by Crippen LogP contribution is -2.66. The molecule has 1 saturated heterocycles. The van der Waals surface area contributed by atoms with Crippen LogP contribution in [0.1, 0.15) is 40.0 Å². The van der Waals surface area contributed by atoms with Gasteiger partial charge in [-0.3, -0.25) is 4.79 Å². The molecule has 1 fully saturated rings. The monoisotopic (exact) mass is 552 g/mol. The Morgan fingerprint density at radius 2 is 1.61 bits per heavy atom. The van der Waals surface area contributed by atoms with Gasteiger partial charge in [0.1, 0.15) is 0 Å². The molecule has 0 saturated carbocycles. The normalized spacial score (nSPS) is 21.8. The molecule has 0 N–H and O–H groups in total. The number of carbonyl (C=O) groups excluding carboxylic acids is 1. The number of carbonyl (C=O) groups is 1. The third-order valence-corrected chi connectivity index (χ3v) is 12.4. The highest BCUT2D eigenvalue weighted by atomic mass is 127. The van der Waals surface area contributed by atoms with Crippen LogP contribution in [0.3, 0.4) is 0 Å². The quantitative estimate of drug-likeness (QED) is 0.210. The van der Waals surface area contributed by atoms with Crippen LogP contribution in [0.25, 0.3) is 0 Å². The van der Waals surface area contributed by atoms with E-state index in [-0.39, 0.29) is 23.2 Å². The second-order valence-electron chi connectivity index (χ2n) is 9.13. The number of hydrogen-bond acceptors (Lipinski definition) is 4. The molecule has 0 spiro atoms. The van der Waals surface area contributed by atoms with Gasteiger partial charge < -0.3 is 13.9 Å². The minimum Gasteiger partial charge on any atom is -0.469 e. The zero-order chi connectivity index (χ0) is 22.5. The Kier molecular flexibility index (Phi) is 8.35. The molecule has 4 nitrogen and oxygen atoms in total. The van der Waals surface area contributed by atoms with Crippen LogP contribution in [0.2, 0.25) is 5.04 Å². The van der Waals surface area contributed by atoms with Gasteiger partial charge in [0.2, 0.25) is 0 Å². The molecule has 3 rings (SSSR count). The molecule has 0 unspecified atom stereocenters. The van der Waals surface area contributed by atoms with Crippen molar-refractivity contribution in [2.75, 3.05) is 13.7 Å². The summed E-state index contributed by atoms with van der Waals surface area (Å²) in [6.45, 7) is 7.50. The number of benzene rings is 2. The van der Waals surface area contributed by atoms with Crippen LogP contribution >= 0.6 is 22.6 Å². The summed E-state index contributed by atoms with van der Waals surface area (Å²) in [6.07, 6.45) is 2.04. The Labute approximate surface area is 200 Å². The first-order valence-corrected chi connectivity index (χ1v) is 14.0. The zero-order valence-electron chi connectivity index (χ0n) is 18.8. The fourth-order valence-corrected chi connectivity index (χ4v) is 10.2. The summed E-state index contributed by atoms with van der Waals surface area (Å²) in [7, 11) is -1.10. The Balaban J connectivity index is 1.80. The van der Waals surface area contributed by atoms with Crippen LogP contribution in [0, 0.1) is 0 Å². The number of esters is 1. The van der Waals surface area contributed by atoms with E-state index in [1.54, 1.807) is 0 Å². The van der Waals surface area contributed by atoms with Gasteiger partial charge in [0.05, 0.1) is 25.7 Å². The highest BCUT2D eigenvalue weighted by Crippen LogP contribution is 2.37. The third kappa shape index (κ3) is 5.59. The van der Waals surface area contributed by atoms with E-state index in [9.17, 15) is 4.79 Å². The first-order chi connectivity index (χ1) is 14.8. The molecule has 0 radical (unpaired) electrons. The number of hydrogen-bond donors (Lipinski definition) is 0. The summed E-state index contributed by atoms with van der Waals surface area (Å²) in [5.74, 6) is -0.210. The van der Waals surface area contributed by atoms with Gasteiger partial charge in [-0.25, -0.2) is 0 Å². The second kappa shape index (κ2) is 10.6. The Morgan fingerprint density at radius 1 is 1.06 bits per heavy atom. The smallest absolute Gasteiger partial charge is 0.308 e. The van der Waals surface area contributed by atoms with Crippen molar-refractivity contribution in [1.29, 1.82) is 0 Å². The van der Waals surface area contributed by atoms with E-state index in [1.807, 2.05) is 0 Å². The molecule has 1 aliphatic rings. The molecule has 2 aromatic carbocycles. The molecule has 168 valence electrons. The van der Waals surface area contributed by atoms with E-state index in [1.165, 1.54) is 17.5 Å². The Bertz CT molecular complexity index is 798. The average molecular weight is 553 g/mol. The van der Waals surface area contributed by atoms with Crippen LogP contribution in [-0.4, -0.2) is 44.1 Å². The number of ether oxygens (including phenoxy) is 2. The van der Waals surface area contributed by atoms with Crippen LogP contribution in [0.5, 0.6) is 0 Å². The maximum absolute atomic E-state index is 11.6. The van der Waals surface area contributed by atoms with E-state index in [4.69, 9.17) is 13.9 Å². The molecule has 0 bridgehead atoms. The maximum Gasteiger partial charge on any atom is 0.308 e. The van der Waals surface area contributed by atoms with E-state index >= 15 is 0 Å². The van der Waals surface area contributed by atoms with Crippen LogP contribution in [-0.2, 0) is 18.7 Å². The number of halogens is 1. The summed E-state index contributed by atoms with van der Waals surface area (Å²) < 4.78 is 18.3. The molecule has 3 atom stereocenters. The molecule has 0 aliphatic carbocycles. The minimum absolute atomic E-state index is 0.0383. The first kappa shape index (κ1) is 24.4. The summed E-state index contributed by atoms with van der Waals surface area (Å²) in [6, 6.07) is 21.4. The average Bonchev–Trinajstić information content (AvgIpc) is 3.10. The zero-order valence-corrected chi connectivity index (χ0v) is 22.0. The van der Waals surface area contributed by atoms with E-state index < -0.39 is 8.32 Å². The molecule has 2 aromatic rings. The summed E-state index contributed by atoms with van der Waals surface area (Å²) in [4.78, 5) is 11.6. The Hall–Kier alpha value is -1.22. The lowest BCUT2D eigenvalue weighted by atomic mass is 10.1. The van der Waals surface area contributed by atoms with Crippen molar-refractivity contribution in [3.63, 3.8) is 0 Å². The highest BCUT2D eigenvalue weighted by molar-refractivity contribution is 14.1. The summed E-state index contributed by atoms with van der Waals surface area (Å²) >= 11 is 2.45. The van der Waals surface area contributed by atoms with Crippen molar-refractivity contribution in [1.82, 2.24) is 0 Å². The highest BCUT2D eigenvalue weighted by Gasteiger charge is 2.50. The topological polar surface area (TPSA) is 44.8 Å². The van der Waals surface area contributed by atoms with Crippen molar-refractivity contribution < 1.29 is 18.7 Å². The number of methoxy groups -OCH3 is 1. The van der Waals surface area contributed by atoms with Gasteiger partial charge in [-0.15, -0.1) is 0 Å². The fraction of sp³-hybridized carbons (Fsp3) is 0.480. The predicted molar refractivity (Wildman–Crippen MR) is 136 cm³/mol. The van der Waals surface area contributed by atoms with Gasteiger partial charge in [-0.05, 0) is 28.3 Å². The number of rotatable bonds is 8. The van der Waals surface area contributed by atoms with Crippen molar-refractivity contribution in [3.05, 3.63) is 60.7 Å². The van der Waals surface area contributed by atoms with Gasteiger partial charge in [-0.2, -0.15) is 0 Å². The van der Waals surface area contributed by atoms with E-state index in [0.29, 0.717) is 17.0 Å². The van der Waals surface area contributed by atoms with Gasteiger partial charge in [0.25, 0.3) is 8.32 Å². The van der Waals surface area contributed by atoms with E-state index in [2.05, 4.69) is 104 Å². The van der Waals surface area contributed by atoms with Crippen LogP contribution in [0.4, 0.5) is 0 Å². The maximum atomic E-state index is 11.6. The van der Waals surface area contributed by atoms with Crippen molar-refractivity contribution in [3.8, 4) is 0 Å². The van der Waals surface area contributed by atoms with Gasteiger partial charge >= 0.3 is 5.97 Å². The lowest BCUT2D eigenvalue weighted by Gasteiger charge is -2.43. The lowest BCUT2D eigenvalue weighted by molar-refractivity contribution is -0.143. The predicted octanol–water partition coefficient (Wildman–Crippen LogP) is 4.48. The first-order valence-electron chi connectivity index (χ1n) is 10.9. The summed E-state index contributed by atoms with van der Waals surface area (Å²) in [5.41, 5.74) is 0. The van der Waals surface area contributed by atoms with Gasteiger partial charge in [-0.1, -0.05) is 104 Å².